The molecule has 0 aromatic heterocycles. The highest BCUT2D eigenvalue weighted by Crippen LogP contribution is 2.22. The number of carbonyl (C=O) groups excluding carboxylic acids is 2. The summed E-state index contributed by atoms with van der Waals surface area (Å²) in [5.41, 5.74) is 2.19. The summed E-state index contributed by atoms with van der Waals surface area (Å²) in [4.78, 5) is 23.8. The number of esters is 1. The van der Waals surface area contributed by atoms with Crippen LogP contribution in [0.1, 0.15) is 20.3 Å². The lowest BCUT2D eigenvalue weighted by Gasteiger charge is -2.18. The van der Waals surface area contributed by atoms with E-state index in [-0.39, 0.29) is 18.4 Å². The van der Waals surface area contributed by atoms with Gasteiger partial charge in [-0.3, -0.25) is 4.79 Å². The van der Waals surface area contributed by atoms with E-state index < -0.39 is 12.0 Å². The molecule has 2 aromatic carbocycles. The molecule has 26 heavy (non-hydrogen) atoms. The molecule has 0 unspecified atom stereocenters. The van der Waals surface area contributed by atoms with Crippen LogP contribution >= 0.6 is 0 Å². The molecule has 0 heterocycles. The van der Waals surface area contributed by atoms with Crippen LogP contribution in [0.4, 0.5) is 0 Å². The van der Waals surface area contributed by atoms with Gasteiger partial charge in [0.1, 0.15) is 11.8 Å². The van der Waals surface area contributed by atoms with Gasteiger partial charge in [0, 0.05) is 0 Å². The highest BCUT2D eigenvalue weighted by atomic mass is 16.5. The zero-order valence-corrected chi connectivity index (χ0v) is 15.4. The normalized spacial score (nSPS) is 11.7. The molecule has 0 fully saturated rings. The first-order chi connectivity index (χ1) is 12.5. The highest BCUT2D eigenvalue weighted by molar-refractivity contribution is 5.85. The Bertz CT molecular complexity index is 711. The van der Waals surface area contributed by atoms with Crippen LogP contribution in [0.5, 0.6) is 5.75 Å². The number of benzene rings is 2. The van der Waals surface area contributed by atoms with Crippen molar-refractivity contribution >= 4 is 11.9 Å². The van der Waals surface area contributed by atoms with Crippen molar-refractivity contribution in [1.82, 2.24) is 5.32 Å². The van der Waals surface area contributed by atoms with Crippen molar-refractivity contribution in [3.63, 3.8) is 0 Å². The van der Waals surface area contributed by atoms with Crippen molar-refractivity contribution < 1.29 is 19.1 Å². The van der Waals surface area contributed by atoms with Crippen molar-refractivity contribution in [2.45, 2.75) is 26.3 Å². The number of hydrogen-bond donors (Lipinski definition) is 1. The second-order valence-corrected chi connectivity index (χ2v) is 6.45. The predicted octanol–water partition coefficient (Wildman–Crippen LogP) is 3.44. The third kappa shape index (κ3) is 5.92. The second-order valence-electron chi connectivity index (χ2n) is 6.45. The number of ether oxygens (including phenoxy) is 2. The lowest BCUT2D eigenvalue weighted by molar-refractivity contribution is -0.145. The van der Waals surface area contributed by atoms with E-state index >= 15 is 0 Å². The van der Waals surface area contributed by atoms with Gasteiger partial charge in [0.25, 0.3) is 5.91 Å². The highest BCUT2D eigenvalue weighted by Gasteiger charge is 2.22. The van der Waals surface area contributed by atoms with E-state index in [9.17, 15) is 9.59 Å². The minimum Gasteiger partial charge on any atom is -0.484 e. The molecule has 138 valence electrons. The molecule has 1 N–H and O–H groups in total. The SMILES string of the molecule is COC(=O)[C@H](CC(C)C)NC(=O)COc1ccc(-c2ccccc2)cc1. The van der Waals surface area contributed by atoms with E-state index in [1.54, 1.807) is 0 Å². The van der Waals surface area contributed by atoms with Crippen molar-refractivity contribution in [3.05, 3.63) is 54.6 Å². The van der Waals surface area contributed by atoms with Crippen LogP contribution < -0.4 is 10.1 Å². The Morgan fingerprint density at radius 3 is 2.15 bits per heavy atom. The Labute approximate surface area is 154 Å². The summed E-state index contributed by atoms with van der Waals surface area (Å²) in [5, 5.41) is 2.67. The first-order valence-corrected chi connectivity index (χ1v) is 8.65. The fraction of sp³-hybridized carbons (Fsp3) is 0.333. The summed E-state index contributed by atoms with van der Waals surface area (Å²) in [6.45, 7) is 3.80. The molecule has 0 bridgehead atoms. The van der Waals surface area contributed by atoms with E-state index in [0.717, 1.165) is 11.1 Å². The minimum absolute atomic E-state index is 0.156. The van der Waals surface area contributed by atoms with Gasteiger partial charge < -0.3 is 14.8 Å². The third-order valence-electron chi connectivity index (χ3n) is 3.86. The van der Waals surface area contributed by atoms with Gasteiger partial charge in [-0.2, -0.15) is 0 Å². The average molecular weight is 355 g/mol. The van der Waals surface area contributed by atoms with E-state index in [2.05, 4.69) is 5.32 Å². The number of nitrogens with one attached hydrogen (secondary N) is 1. The van der Waals surface area contributed by atoms with Crippen LogP contribution in [0.15, 0.2) is 54.6 Å². The van der Waals surface area contributed by atoms with Gasteiger partial charge in [-0.25, -0.2) is 4.79 Å². The molecule has 2 rings (SSSR count). The third-order valence-corrected chi connectivity index (χ3v) is 3.86. The van der Waals surface area contributed by atoms with Crippen LogP contribution in [0.2, 0.25) is 0 Å². The van der Waals surface area contributed by atoms with Gasteiger partial charge in [-0.1, -0.05) is 56.3 Å². The van der Waals surface area contributed by atoms with Crippen molar-refractivity contribution in [2.75, 3.05) is 13.7 Å². The fourth-order valence-electron chi connectivity index (χ4n) is 2.59. The molecule has 0 spiro atoms. The minimum atomic E-state index is -0.656. The number of carbonyl (C=O) groups is 2. The molecule has 5 heteroatoms. The van der Waals surface area contributed by atoms with Crippen molar-refractivity contribution in [1.29, 1.82) is 0 Å². The number of rotatable bonds is 8. The molecule has 0 radical (unpaired) electrons. The van der Waals surface area contributed by atoms with E-state index in [1.165, 1.54) is 7.11 Å². The number of hydrogen-bond acceptors (Lipinski definition) is 4. The molecule has 0 aliphatic carbocycles. The van der Waals surface area contributed by atoms with Gasteiger partial charge in [0.15, 0.2) is 6.61 Å². The van der Waals surface area contributed by atoms with Crippen LogP contribution in [0.25, 0.3) is 11.1 Å². The molecule has 0 saturated carbocycles. The molecule has 0 aliphatic heterocycles. The quantitative estimate of drug-likeness (QED) is 0.737. The number of amides is 1. The fourth-order valence-corrected chi connectivity index (χ4v) is 2.59. The molecule has 2 aromatic rings. The molecule has 0 aliphatic rings. The average Bonchev–Trinajstić information content (AvgIpc) is 2.66. The monoisotopic (exact) mass is 355 g/mol. The summed E-state index contributed by atoms with van der Waals surface area (Å²) in [6.07, 6.45) is 0.518. The van der Waals surface area contributed by atoms with Gasteiger partial charge in [0.2, 0.25) is 0 Å². The van der Waals surface area contributed by atoms with E-state index in [1.807, 2.05) is 68.4 Å². The van der Waals surface area contributed by atoms with Crippen molar-refractivity contribution in [2.24, 2.45) is 5.92 Å². The molecule has 0 saturated heterocycles. The Morgan fingerprint density at radius 1 is 0.962 bits per heavy atom. The summed E-state index contributed by atoms with van der Waals surface area (Å²) < 4.78 is 10.3. The molecular formula is C21H25NO4. The Kier molecular flexibility index (Phi) is 7.21. The van der Waals surface area contributed by atoms with Gasteiger partial charge in [0.05, 0.1) is 7.11 Å². The maximum absolute atomic E-state index is 12.1. The van der Waals surface area contributed by atoms with Gasteiger partial charge >= 0.3 is 5.97 Å². The maximum atomic E-state index is 12.1. The molecule has 1 atom stereocenters. The summed E-state index contributed by atoms with van der Waals surface area (Å²) >= 11 is 0. The molecular weight excluding hydrogens is 330 g/mol. The Morgan fingerprint density at radius 2 is 1.58 bits per heavy atom. The zero-order valence-electron chi connectivity index (χ0n) is 15.4. The Balaban J connectivity index is 1.89. The number of methoxy groups -OCH3 is 1. The zero-order chi connectivity index (χ0) is 18.9. The largest absolute Gasteiger partial charge is 0.484 e. The summed E-state index contributed by atoms with van der Waals surface area (Å²) in [7, 11) is 1.31. The second kappa shape index (κ2) is 9.61. The van der Waals surface area contributed by atoms with E-state index in [4.69, 9.17) is 9.47 Å². The molecule has 1 amide bonds. The topological polar surface area (TPSA) is 64.6 Å². The first kappa shape index (κ1) is 19.5. The predicted molar refractivity (Wildman–Crippen MR) is 101 cm³/mol. The van der Waals surface area contributed by atoms with Crippen molar-refractivity contribution in [3.8, 4) is 16.9 Å². The lowest BCUT2D eigenvalue weighted by atomic mass is 10.0. The smallest absolute Gasteiger partial charge is 0.328 e. The van der Waals surface area contributed by atoms with Gasteiger partial charge in [-0.15, -0.1) is 0 Å². The van der Waals surface area contributed by atoms with Crippen LogP contribution in [-0.2, 0) is 14.3 Å². The summed E-state index contributed by atoms with van der Waals surface area (Å²) in [5.74, 6) is 0.0524. The first-order valence-electron chi connectivity index (χ1n) is 8.65. The molecule has 5 nitrogen and oxygen atoms in total. The Hall–Kier alpha value is -2.82. The van der Waals surface area contributed by atoms with Crippen LogP contribution in [0.3, 0.4) is 0 Å². The van der Waals surface area contributed by atoms with Crippen LogP contribution in [0, 0.1) is 5.92 Å². The van der Waals surface area contributed by atoms with Crippen LogP contribution in [-0.4, -0.2) is 31.6 Å². The standard InChI is InChI=1S/C21H25NO4/c1-15(2)13-19(21(24)25-3)22-20(23)14-26-18-11-9-17(10-12-18)16-7-5-4-6-8-16/h4-12,15,19H,13-14H2,1-3H3,(H,22,23)/t19-/m0/s1. The van der Waals surface area contributed by atoms with Gasteiger partial charge in [-0.05, 0) is 35.6 Å². The van der Waals surface area contributed by atoms with E-state index in [0.29, 0.717) is 12.2 Å². The summed E-state index contributed by atoms with van der Waals surface area (Å²) in [6, 6.07) is 16.9. The lowest BCUT2D eigenvalue weighted by Crippen LogP contribution is -2.44. The maximum Gasteiger partial charge on any atom is 0.328 e.